The number of ether oxygens (including phenoxy) is 1. The lowest BCUT2D eigenvalue weighted by Crippen LogP contribution is -2.30. The summed E-state index contributed by atoms with van der Waals surface area (Å²) in [6.45, 7) is 3.06. The number of piperidine rings is 1. The quantitative estimate of drug-likeness (QED) is 0.384. The Labute approximate surface area is 212 Å². The van der Waals surface area contributed by atoms with Crippen molar-refractivity contribution in [2.24, 2.45) is 5.92 Å². The zero-order valence-electron chi connectivity index (χ0n) is 20.0. The Balaban J connectivity index is 1.24. The summed E-state index contributed by atoms with van der Waals surface area (Å²) in [5, 5.41) is 12.6. The molecule has 1 N–H and O–H groups in total. The summed E-state index contributed by atoms with van der Waals surface area (Å²) in [5.74, 6) is 2.27. The van der Waals surface area contributed by atoms with Gasteiger partial charge in [-0.15, -0.1) is 0 Å². The predicted molar refractivity (Wildman–Crippen MR) is 137 cm³/mol. The minimum Gasteiger partial charge on any atom is -0.490 e. The highest BCUT2D eigenvalue weighted by Gasteiger charge is 2.15. The first kappa shape index (κ1) is 22.8. The summed E-state index contributed by atoms with van der Waals surface area (Å²) >= 11 is 0. The summed E-state index contributed by atoms with van der Waals surface area (Å²) in [6.07, 6.45) is 8.79. The van der Waals surface area contributed by atoms with Gasteiger partial charge in [-0.3, -0.25) is 13.8 Å². The molecule has 1 aliphatic heterocycles. The molecule has 1 fully saturated rings. The van der Waals surface area contributed by atoms with Crippen molar-refractivity contribution in [3.05, 3.63) is 82.7 Å². The molecule has 10 heteroatoms. The maximum Gasteiger partial charge on any atom is 0.255 e. The SMILES string of the molecule is N#Cc1cnc2nc3n(Cc4cccc(-c5ncc(OCC6CCNCC6)cn5)c4)c(=O)ccn3c2c1. The maximum absolute atomic E-state index is 12.8. The zero-order valence-corrected chi connectivity index (χ0v) is 20.0. The highest BCUT2D eigenvalue weighted by Crippen LogP contribution is 2.21. The van der Waals surface area contributed by atoms with E-state index >= 15 is 0 Å². The van der Waals surface area contributed by atoms with E-state index in [1.54, 1.807) is 33.6 Å². The van der Waals surface area contributed by atoms with Crippen molar-refractivity contribution in [2.75, 3.05) is 19.7 Å². The molecule has 0 bridgehead atoms. The van der Waals surface area contributed by atoms with Crippen LogP contribution in [0.25, 0.3) is 28.3 Å². The first-order valence-corrected chi connectivity index (χ1v) is 12.2. The predicted octanol–water partition coefficient (Wildman–Crippen LogP) is 2.80. The molecule has 0 aliphatic carbocycles. The van der Waals surface area contributed by atoms with Crippen molar-refractivity contribution < 1.29 is 4.74 Å². The number of hydrogen-bond donors (Lipinski definition) is 1. The van der Waals surface area contributed by atoms with Crippen molar-refractivity contribution in [2.45, 2.75) is 19.4 Å². The van der Waals surface area contributed by atoms with Crippen LogP contribution in [0, 0.1) is 17.2 Å². The highest BCUT2D eigenvalue weighted by molar-refractivity contribution is 5.76. The minimum atomic E-state index is -0.180. The van der Waals surface area contributed by atoms with Gasteiger partial charge in [0, 0.05) is 24.0 Å². The number of nitriles is 1. The number of fused-ring (bicyclic) bond motifs is 3. The Bertz CT molecular complexity index is 1680. The smallest absolute Gasteiger partial charge is 0.255 e. The Morgan fingerprint density at radius 2 is 1.92 bits per heavy atom. The number of nitrogens with zero attached hydrogens (tertiary/aromatic N) is 7. The van der Waals surface area contributed by atoms with Crippen molar-refractivity contribution in [3.8, 4) is 23.2 Å². The van der Waals surface area contributed by atoms with Gasteiger partial charge in [-0.05, 0) is 49.5 Å². The molecule has 0 atom stereocenters. The summed E-state index contributed by atoms with van der Waals surface area (Å²) in [7, 11) is 0. The van der Waals surface area contributed by atoms with Crippen molar-refractivity contribution in [1.82, 2.24) is 34.2 Å². The number of nitrogens with one attached hydrogen (secondary N) is 1. The van der Waals surface area contributed by atoms with Crippen LogP contribution in [0.5, 0.6) is 5.75 Å². The van der Waals surface area contributed by atoms with Crippen LogP contribution in [0.4, 0.5) is 0 Å². The Morgan fingerprint density at radius 3 is 2.73 bits per heavy atom. The normalized spacial score (nSPS) is 14.1. The molecule has 1 aromatic carbocycles. The molecule has 4 aromatic heterocycles. The monoisotopic (exact) mass is 492 g/mol. The topological polar surface area (TPSA) is 123 Å². The van der Waals surface area contributed by atoms with E-state index in [0.717, 1.165) is 37.1 Å². The molecular formula is C27H24N8O2. The van der Waals surface area contributed by atoms with Crippen LogP contribution in [0.15, 0.2) is 66.0 Å². The third-order valence-electron chi connectivity index (χ3n) is 6.63. The lowest BCUT2D eigenvalue weighted by atomic mass is 9.99. The number of imidazole rings is 1. The Hall–Kier alpha value is -4.62. The van der Waals surface area contributed by atoms with Crippen LogP contribution in [0.3, 0.4) is 0 Å². The van der Waals surface area contributed by atoms with Crippen molar-refractivity contribution in [1.29, 1.82) is 5.26 Å². The zero-order chi connectivity index (χ0) is 25.2. The molecular weight excluding hydrogens is 468 g/mol. The van der Waals surface area contributed by atoms with E-state index in [4.69, 9.17) is 4.74 Å². The number of pyridine rings is 1. The molecule has 1 aliphatic rings. The van der Waals surface area contributed by atoms with Crippen molar-refractivity contribution >= 4 is 16.9 Å². The van der Waals surface area contributed by atoms with Gasteiger partial charge in [0.1, 0.15) is 6.07 Å². The molecule has 0 unspecified atom stereocenters. The number of benzene rings is 1. The third kappa shape index (κ3) is 4.64. The average molecular weight is 493 g/mol. The second-order valence-corrected chi connectivity index (χ2v) is 9.15. The van der Waals surface area contributed by atoms with E-state index in [1.807, 2.05) is 24.3 Å². The van der Waals surface area contributed by atoms with Gasteiger partial charge >= 0.3 is 0 Å². The standard InChI is InChI=1S/C27H24N8O2/c28-12-20-11-23-26(30-13-20)33-27-34(23)9-6-24(36)35(27)16-19-2-1-3-21(10-19)25-31-14-22(15-32-25)37-17-18-4-7-29-8-5-18/h1-3,6,9-11,13-15,18,29H,4-5,7-8,16-17H2. The fraction of sp³-hybridized carbons (Fsp3) is 0.259. The highest BCUT2D eigenvalue weighted by atomic mass is 16.5. The van der Waals surface area contributed by atoms with Crippen LogP contribution in [0.1, 0.15) is 24.0 Å². The molecule has 5 heterocycles. The van der Waals surface area contributed by atoms with Gasteiger partial charge in [-0.25, -0.2) is 15.0 Å². The van der Waals surface area contributed by atoms with Gasteiger partial charge in [-0.2, -0.15) is 10.2 Å². The first-order chi connectivity index (χ1) is 18.2. The molecule has 10 nitrogen and oxygen atoms in total. The molecule has 6 rings (SSSR count). The largest absolute Gasteiger partial charge is 0.490 e. The fourth-order valence-electron chi connectivity index (χ4n) is 4.63. The molecule has 0 saturated carbocycles. The van der Waals surface area contributed by atoms with Crippen LogP contribution in [-0.4, -0.2) is 48.6 Å². The molecule has 0 amide bonds. The third-order valence-corrected chi connectivity index (χ3v) is 6.63. The second kappa shape index (κ2) is 9.79. The van der Waals surface area contributed by atoms with Gasteiger partial charge in [0.05, 0.1) is 36.6 Å². The molecule has 184 valence electrons. The number of hydrogen-bond acceptors (Lipinski definition) is 8. The van der Waals surface area contributed by atoms with Gasteiger partial charge in [-0.1, -0.05) is 18.2 Å². The summed E-state index contributed by atoms with van der Waals surface area (Å²) in [4.78, 5) is 30.6. The molecule has 5 aromatic rings. The van der Waals surface area contributed by atoms with E-state index in [-0.39, 0.29) is 5.56 Å². The van der Waals surface area contributed by atoms with E-state index in [0.29, 0.717) is 53.1 Å². The van der Waals surface area contributed by atoms with Gasteiger partial charge in [0.15, 0.2) is 17.2 Å². The fourth-order valence-corrected chi connectivity index (χ4v) is 4.63. The minimum absolute atomic E-state index is 0.180. The maximum atomic E-state index is 12.8. The molecule has 37 heavy (non-hydrogen) atoms. The van der Waals surface area contributed by atoms with Crippen LogP contribution >= 0.6 is 0 Å². The van der Waals surface area contributed by atoms with E-state index in [9.17, 15) is 10.1 Å². The number of aromatic nitrogens is 6. The van der Waals surface area contributed by atoms with Crippen LogP contribution < -0.4 is 15.6 Å². The van der Waals surface area contributed by atoms with Crippen LogP contribution in [0.2, 0.25) is 0 Å². The van der Waals surface area contributed by atoms with Gasteiger partial charge in [0.25, 0.3) is 5.56 Å². The summed E-state index contributed by atoms with van der Waals surface area (Å²) < 4.78 is 9.28. The van der Waals surface area contributed by atoms with E-state index in [2.05, 4.69) is 31.3 Å². The number of rotatable bonds is 6. The average Bonchev–Trinajstić information content (AvgIpc) is 3.32. The molecule has 0 spiro atoms. The van der Waals surface area contributed by atoms with Crippen molar-refractivity contribution in [3.63, 3.8) is 0 Å². The molecule has 1 saturated heterocycles. The Morgan fingerprint density at radius 1 is 1.08 bits per heavy atom. The summed E-state index contributed by atoms with van der Waals surface area (Å²) in [5.41, 5.74) is 3.15. The van der Waals surface area contributed by atoms with Gasteiger partial charge in [0.2, 0.25) is 5.78 Å². The molecule has 0 radical (unpaired) electrons. The lowest BCUT2D eigenvalue weighted by molar-refractivity contribution is 0.214. The first-order valence-electron chi connectivity index (χ1n) is 12.2. The Kier molecular flexibility index (Phi) is 6.04. The second-order valence-electron chi connectivity index (χ2n) is 9.15. The van der Waals surface area contributed by atoms with Crippen LogP contribution in [-0.2, 0) is 6.54 Å². The lowest BCUT2D eigenvalue weighted by Gasteiger charge is -2.22. The van der Waals surface area contributed by atoms with E-state index in [1.165, 1.54) is 12.3 Å². The summed E-state index contributed by atoms with van der Waals surface area (Å²) in [6, 6.07) is 13.1. The van der Waals surface area contributed by atoms with Gasteiger partial charge < -0.3 is 10.1 Å². The van der Waals surface area contributed by atoms with E-state index < -0.39 is 0 Å².